The van der Waals surface area contributed by atoms with Gasteiger partial charge in [-0.05, 0) is 0 Å². The number of nitrogens with zero attached hydrogens (tertiary/aromatic N) is 1. The third kappa shape index (κ3) is 5.50. The monoisotopic (exact) mass is 159 g/mol. The van der Waals surface area contributed by atoms with Crippen LogP contribution in [0.4, 0.5) is 0 Å². The van der Waals surface area contributed by atoms with Crippen molar-refractivity contribution in [2.75, 3.05) is 26.2 Å². The van der Waals surface area contributed by atoms with Crippen LogP contribution in [0, 0.1) is 0 Å². The van der Waals surface area contributed by atoms with Crippen molar-refractivity contribution >= 4 is 12.2 Å². The third-order valence-electron chi connectivity index (χ3n) is 1.16. The normalized spacial score (nSPS) is 10.0. The van der Waals surface area contributed by atoms with Crippen molar-refractivity contribution < 1.29 is 9.59 Å². The van der Waals surface area contributed by atoms with Crippen LogP contribution in [0.5, 0.6) is 0 Å². The van der Waals surface area contributed by atoms with E-state index in [1.807, 2.05) is 0 Å². The molecule has 0 aliphatic rings. The highest BCUT2D eigenvalue weighted by Gasteiger charge is 2.05. The highest BCUT2D eigenvalue weighted by molar-refractivity contribution is 5.76. The van der Waals surface area contributed by atoms with Gasteiger partial charge in [-0.3, -0.25) is 9.69 Å². The first-order valence-corrected chi connectivity index (χ1v) is 3.35. The molecule has 0 aliphatic carbocycles. The molecular formula is C6H13N3O2. The standard InChI is InChI=1S/C6H13N3O2/c7-1-2-9(3-4-10)5-6(8)11/h4H,1-3,5,7H2,(H2,8,11). The highest BCUT2D eigenvalue weighted by atomic mass is 16.1. The van der Waals surface area contributed by atoms with Crippen molar-refractivity contribution in [3.63, 3.8) is 0 Å². The van der Waals surface area contributed by atoms with Crippen LogP contribution in [-0.4, -0.2) is 43.3 Å². The van der Waals surface area contributed by atoms with E-state index in [4.69, 9.17) is 11.5 Å². The molecule has 0 saturated carbocycles. The Labute approximate surface area is 65.3 Å². The van der Waals surface area contributed by atoms with Gasteiger partial charge in [0.15, 0.2) is 0 Å². The van der Waals surface area contributed by atoms with Crippen molar-refractivity contribution in [2.24, 2.45) is 11.5 Å². The number of carbonyl (C=O) groups is 2. The van der Waals surface area contributed by atoms with Gasteiger partial charge in [0.1, 0.15) is 6.29 Å². The van der Waals surface area contributed by atoms with Gasteiger partial charge in [0.25, 0.3) is 0 Å². The first-order valence-electron chi connectivity index (χ1n) is 3.35. The van der Waals surface area contributed by atoms with Crippen LogP contribution in [-0.2, 0) is 9.59 Å². The molecule has 0 unspecified atom stereocenters. The lowest BCUT2D eigenvalue weighted by Gasteiger charge is -2.15. The van der Waals surface area contributed by atoms with Crippen molar-refractivity contribution in [3.8, 4) is 0 Å². The second kappa shape index (κ2) is 5.82. The predicted molar refractivity (Wildman–Crippen MR) is 40.8 cm³/mol. The summed E-state index contributed by atoms with van der Waals surface area (Å²) in [4.78, 5) is 22.0. The summed E-state index contributed by atoms with van der Waals surface area (Å²) in [6.45, 7) is 1.23. The smallest absolute Gasteiger partial charge is 0.231 e. The summed E-state index contributed by atoms with van der Waals surface area (Å²) in [5.74, 6) is -0.444. The summed E-state index contributed by atoms with van der Waals surface area (Å²) < 4.78 is 0. The number of aldehydes is 1. The molecule has 0 rings (SSSR count). The van der Waals surface area contributed by atoms with Crippen LogP contribution in [0.15, 0.2) is 0 Å². The Morgan fingerprint density at radius 3 is 2.55 bits per heavy atom. The number of hydrogen-bond acceptors (Lipinski definition) is 4. The summed E-state index contributed by atoms with van der Waals surface area (Å²) >= 11 is 0. The Morgan fingerprint density at radius 2 is 2.18 bits per heavy atom. The molecule has 0 aromatic carbocycles. The molecule has 64 valence electrons. The maximum atomic E-state index is 10.4. The van der Waals surface area contributed by atoms with Crippen molar-refractivity contribution in [2.45, 2.75) is 0 Å². The molecule has 0 atom stereocenters. The van der Waals surface area contributed by atoms with Gasteiger partial charge in [0.2, 0.25) is 5.91 Å². The minimum atomic E-state index is -0.444. The number of hydrogen-bond donors (Lipinski definition) is 2. The average Bonchev–Trinajstić information content (AvgIpc) is 1.87. The Bertz CT molecular complexity index is 138. The van der Waals surface area contributed by atoms with Gasteiger partial charge in [-0.2, -0.15) is 0 Å². The second-order valence-corrected chi connectivity index (χ2v) is 2.16. The third-order valence-corrected chi connectivity index (χ3v) is 1.16. The summed E-state index contributed by atoms with van der Waals surface area (Å²) in [6.07, 6.45) is 0.721. The number of primary amides is 1. The largest absolute Gasteiger partial charge is 0.369 e. The first-order chi connectivity index (χ1) is 5.20. The number of rotatable bonds is 6. The molecule has 1 amide bonds. The van der Waals surface area contributed by atoms with E-state index >= 15 is 0 Å². The zero-order valence-electron chi connectivity index (χ0n) is 6.32. The molecule has 0 aromatic heterocycles. The maximum absolute atomic E-state index is 10.4. The fraction of sp³-hybridized carbons (Fsp3) is 0.667. The first kappa shape index (κ1) is 10.1. The quantitative estimate of drug-likeness (QED) is 0.436. The van der Waals surface area contributed by atoms with Crippen molar-refractivity contribution in [3.05, 3.63) is 0 Å². The van der Waals surface area contributed by atoms with Crippen LogP contribution in [0.1, 0.15) is 0 Å². The van der Waals surface area contributed by atoms with Gasteiger partial charge in [-0.25, -0.2) is 0 Å². The Morgan fingerprint density at radius 1 is 1.55 bits per heavy atom. The second-order valence-electron chi connectivity index (χ2n) is 2.16. The molecule has 0 heterocycles. The minimum absolute atomic E-state index is 0.0932. The summed E-state index contributed by atoms with van der Waals surface area (Å²) in [7, 11) is 0. The lowest BCUT2D eigenvalue weighted by molar-refractivity contribution is -0.119. The van der Waals surface area contributed by atoms with Gasteiger partial charge in [-0.1, -0.05) is 0 Å². The molecule has 0 aromatic rings. The fourth-order valence-electron chi connectivity index (χ4n) is 0.743. The molecule has 0 bridgehead atoms. The van der Waals surface area contributed by atoms with E-state index in [-0.39, 0.29) is 13.1 Å². The van der Waals surface area contributed by atoms with E-state index in [1.165, 1.54) is 0 Å². The lowest BCUT2D eigenvalue weighted by atomic mass is 10.4. The molecule has 0 spiro atoms. The van der Waals surface area contributed by atoms with Gasteiger partial charge >= 0.3 is 0 Å². The Kier molecular flexibility index (Phi) is 5.32. The topological polar surface area (TPSA) is 89.4 Å². The molecule has 5 heteroatoms. The van der Waals surface area contributed by atoms with Gasteiger partial charge in [-0.15, -0.1) is 0 Å². The van der Waals surface area contributed by atoms with E-state index in [0.29, 0.717) is 13.1 Å². The molecule has 0 saturated heterocycles. The van der Waals surface area contributed by atoms with Crippen LogP contribution in [0.2, 0.25) is 0 Å². The minimum Gasteiger partial charge on any atom is -0.369 e. The fourth-order valence-corrected chi connectivity index (χ4v) is 0.743. The van der Waals surface area contributed by atoms with Crippen LogP contribution >= 0.6 is 0 Å². The van der Waals surface area contributed by atoms with E-state index in [0.717, 1.165) is 6.29 Å². The van der Waals surface area contributed by atoms with Crippen LogP contribution in [0.3, 0.4) is 0 Å². The molecule has 0 radical (unpaired) electrons. The molecule has 5 nitrogen and oxygen atoms in total. The predicted octanol–water partition coefficient (Wildman–Crippen LogP) is -2.07. The van der Waals surface area contributed by atoms with E-state index < -0.39 is 5.91 Å². The molecular weight excluding hydrogens is 146 g/mol. The summed E-state index contributed by atoms with van der Waals surface area (Å²) in [6, 6.07) is 0. The number of amides is 1. The van der Waals surface area contributed by atoms with Crippen LogP contribution in [0.25, 0.3) is 0 Å². The molecule has 0 aliphatic heterocycles. The molecule has 4 N–H and O–H groups in total. The van der Waals surface area contributed by atoms with E-state index in [2.05, 4.69) is 0 Å². The van der Waals surface area contributed by atoms with E-state index in [1.54, 1.807) is 4.90 Å². The van der Waals surface area contributed by atoms with E-state index in [9.17, 15) is 9.59 Å². The maximum Gasteiger partial charge on any atom is 0.231 e. The molecule has 0 fully saturated rings. The van der Waals surface area contributed by atoms with Crippen molar-refractivity contribution in [1.82, 2.24) is 4.90 Å². The van der Waals surface area contributed by atoms with Gasteiger partial charge in [0, 0.05) is 13.1 Å². The number of nitrogens with two attached hydrogens (primary N) is 2. The Hall–Kier alpha value is -0.940. The lowest BCUT2D eigenvalue weighted by Crippen LogP contribution is -2.38. The van der Waals surface area contributed by atoms with Crippen LogP contribution < -0.4 is 11.5 Å². The average molecular weight is 159 g/mol. The number of carbonyl (C=O) groups excluding carboxylic acids is 2. The van der Waals surface area contributed by atoms with Crippen molar-refractivity contribution in [1.29, 1.82) is 0 Å². The Balaban J connectivity index is 3.67. The molecule has 11 heavy (non-hydrogen) atoms. The SMILES string of the molecule is NCCN(CC=O)CC(N)=O. The van der Waals surface area contributed by atoms with Gasteiger partial charge < -0.3 is 16.3 Å². The summed E-state index contributed by atoms with van der Waals surface area (Å²) in [5.41, 5.74) is 10.1. The van der Waals surface area contributed by atoms with Gasteiger partial charge in [0.05, 0.1) is 13.1 Å². The summed E-state index contributed by atoms with van der Waals surface area (Å²) in [5, 5.41) is 0. The highest BCUT2D eigenvalue weighted by Crippen LogP contribution is 1.82. The zero-order valence-corrected chi connectivity index (χ0v) is 6.32. The zero-order chi connectivity index (χ0) is 8.69.